The standard InChI is InChI=1S/C21H36N4O2/c26-20(22-8-5-11-23-9-2-1-3-10-23)16-24-13-17-12-18(15-24)19-6-4-7-21(27)25(19)14-17/h17-19H,1-16H2,(H,22,26)/t17-,18+,19+/m0/s1. The number of rotatable bonds is 6. The number of hydrogen-bond donors (Lipinski definition) is 1. The van der Waals surface area contributed by atoms with Crippen molar-refractivity contribution in [2.24, 2.45) is 11.8 Å². The first-order chi connectivity index (χ1) is 13.2. The molecular weight excluding hydrogens is 340 g/mol. The fraction of sp³-hybridized carbons (Fsp3) is 0.905. The van der Waals surface area contributed by atoms with Crippen LogP contribution in [0.15, 0.2) is 0 Å². The molecule has 3 atom stereocenters. The average molecular weight is 377 g/mol. The van der Waals surface area contributed by atoms with Crippen LogP contribution in [-0.4, -0.2) is 84.9 Å². The van der Waals surface area contributed by atoms with E-state index in [2.05, 4.69) is 20.0 Å². The van der Waals surface area contributed by atoms with Crippen LogP contribution < -0.4 is 5.32 Å². The van der Waals surface area contributed by atoms with Crippen molar-refractivity contribution < 1.29 is 9.59 Å². The monoisotopic (exact) mass is 376 g/mol. The van der Waals surface area contributed by atoms with E-state index in [1.54, 1.807) is 0 Å². The fourth-order valence-corrected chi connectivity index (χ4v) is 5.81. The predicted molar refractivity (Wildman–Crippen MR) is 105 cm³/mol. The van der Waals surface area contributed by atoms with Crippen LogP contribution in [0.4, 0.5) is 0 Å². The first-order valence-electron chi connectivity index (χ1n) is 11.2. The molecule has 152 valence electrons. The van der Waals surface area contributed by atoms with Crippen molar-refractivity contribution in [2.75, 3.05) is 52.4 Å². The van der Waals surface area contributed by atoms with Gasteiger partial charge >= 0.3 is 0 Å². The second kappa shape index (κ2) is 8.91. The minimum Gasteiger partial charge on any atom is -0.355 e. The van der Waals surface area contributed by atoms with Gasteiger partial charge in [-0.25, -0.2) is 0 Å². The Balaban J connectivity index is 1.18. The van der Waals surface area contributed by atoms with Crippen LogP contribution in [0.2, 0.25) is 0 Å². The highest BCUT2D eigenvalue weighted by molar-refractivity contribution is 5.78. The van der Waals surface area contributed by atoms with Crippen molar-refractivity contribution >= 4 is 11.8 Å². The number of nitrogens with one attached hydrogen (secondary N) is 1. The lowest BCUT2D eigenvalue weighted by atomic mass is 9.76. The van der Waals surface area contributed by atoms with Crippen LogP contribution >= 0.6 is 0 Å². The molecule has 4 aliphatic heterocycles. The molecule has 0 aromatic heterocycles. The molecule has 4 heterocycles. The summed E-state index contributed by atoms with van der Waals surface area (Å²) in [6.07, 6.45) is 9.25. The molecule has 0 spiro atoms. The van der Waals surface area contributed by atoms with Crippen molar-refractivity contribution in [3.05, 3.63) is 0 Å². The SMILES string of the molecule is O=C(CN1C[C@@H]2C[C@H](C1)[C@H]1CCCC(=O)N1C2)NCCCN1CCCCC1. The largest absolute Gasteiger partial charge is 0.355 e. The van der Waals surface area contributed by atoms with Gasteiger partial charge in [-0.2, -0.15) is 0 Å². The van der Waals surface area contributed by atoms with E-state index in [1.807, 2.05) is 0 Å². The second-order valence-electron chi connectivity index (χ2n) is 9.17. The molecule has 6 heteroatoms. The van der Waals surface area contributed by atoms with E-state index in [9.17, 15) is 9.59 Å². The number of fused-ring (bicyclic) bond motifs is 4. The summed E-state index contributed by atoms with van der Waals surface area (Å²) < 4.78 is 0. The zero-order valence-electron chi connectivity index (χ0n) is 16.7. The fourth-order valence-electron chi connectivity index (χ4n) is 5.81. The molecule has 0 aromatic carbocycles. The maximum atomic E-state index is 12.4. The van der Waals surface area contributed by atoms with Gasteiger partial charge in [0, 0.05) is 38.6 Å². The third kappa shape index (κ3) is 4.83. The Morgan fingerprint density at radius 1 is 1.04 bits per heavy atom. The minimum absolute atomic E-state index is 0.171. The third-order valence-electron chi connectivity index (χ3n) is 7.04. The van der Waals surface area contributed by atoms with Crippen LogP contribution in [-0.2, 0) is 9.59 Å². The van der Waals surface area contributed by atoms with Crippen molar-refractivity contribution in [2.45, 2.75) is 57.4 Å². The normalized spacial score (nSPS) is 32.2. The number of nitrogens with zero attached hydrogens (tertiary/aromatic N) is 3. The van der Waals surface area contributed by atoms with E-state index < -0.39 is 0 Å². The molecular formula is C21H36N4O2. The molecule has 4 saturated heterocycles. The van der Waals surface area contributed by atoms with Gasteiger partial charge in [0.2, 0.25) is 11.8 Å². The molecule has 0 aliphatic carbocycles. The second-order valence-corrected chi connectivity index (χ2v) is 9.17. The Labute approximate surface area is 163 Å². The van der Waals surface area contributed by atoms with Gasteiger partial charge in [-0.1, -0.05) is 6.42 Å². The van der Waals surface area contributed by atoms with Crippen LogP contribution in [0.1, 0.15) is 51.4 Å². The van der Waals surface area contributed by atoms with Crippen molar-refractivity contribution in [3.8, 4) is 0 Å². The summed E-state index contributed by atoms with van der Waals surface area (Å²) in [6, 6.07) is 0.429. The lowest BCUT2D eigenvalue weighted by Gasteiger charge is -2.52. The van der Waals surface area contributed by atoms with Gasteiger partial charge < -0.3 is 15.1 Å². The van der Waals surface area contributed by atoms with Gasteiger partial charge in [0.1, 0.15) is 0 Å². The molecule has 4 rings (SSSR count). The van der Waals surface area contributed by atoms with Crippen molar-refractivity contribution in [1.29, 1.82) is 0 Å². The maximum Gasteiger partial charge on any atom is 0.234 e. The highest BCUT2D eigenvalue weighted by Gasteiger charge is 2.43. The van der Waals surface area contributed by atoms with Crippen LogP contribution in [0, 0.1) is 11.8 Å². The summed E-state index contributed by atoms with van der Waals surface area (Å²) in [6.45, 7) is 7.74. The van der Waals surface area contributed by atoms with E-state index in [4.69, 9.17) is 0 Å². The zero-order valence-corrected chi connectivity index (χ0v) is 16.7. The van der Waals surface area contributed by atoms with Gasteiger partial charge in [-0.15, -0.1) is 0 Å². The molecule has 0 radical (unpaired) electrons. The molecule has 27 heavy (non-hydrogen) atoms. The number of hydrogen-bond acceptors (Lipinski definition) is 4. The summed E-state index contributed by atoms with van der Waals surface area (Å²) in [5.74, 6) is 1.65. The van der Waals surface area contributed by atoms with Crippen molar-refractivity contribution in [3.63, 3.8) is 0 Å². The Morgan fingerprint density at radius 3 is 2.74 bits per heavy atom. The smallest absolute Gasteiger partial charge is 0.234 e. The minimum atomic E-state index is 0.171. The van der Waals surface area contributed by atoms with E-state index in [0.717, 1.165) is 58.4 Å². The molecule has 6 nitrogen and oxygen atoms in total. The molecule has 2 amide bonds. The number of carbonyl (C=O) groups excluding carboxylic acids is 2. The summed E-state index contributed by atoms with van der Waals surface area (Å²) in [5.41, 5.74) is 0. The van der Waals surface area contributed by atoms with E-state index in [-0.39, 0.29) is 5.91 Å². The Hall–Kier alpha value is -1.14. The summed E-state index contributed by atoms with van der Waals surface area (Å²) in [7, 11) is 0. The predicted octanol–water partition coefficient (Wildman–Crippen LogP) is 1.31. The third-order valence-corrected chi connectivity index (χ3v) is 7.04. The number of carbonyl (C=O) groups is 2. The summed E-state index contributed by atoms with van der Waals surface area (Å²) in [5, 5.41) is 3.13. The topological polar surface area (TPSA) is 55.9 Å². The van der Waals surface area contributed by atoms with E-state index in [1.165, 1.54) is 38.8 Å². The Bertz CT molecular complexity index is 534. The number of likely N-dealkylation sites (tertiary alicyclic amines) is 2. The maximum absolute atomic E-state index is 12.4. The molecule has 4 aliphatic rings. The Morgan fingerprint density at radius 2 is 1.89 bits per heavy atom. The molecule has 4 fully saturated rings. The quantitative estimate of drug-likeness (QED) is 0.710. The van der Waals surface area contributed by atoms with Gasteiger partial charge in [-0.3, -0.25) is 14.5 Å². The first-order valence-corrected chi connectivity index (χ1v) is 11.2. The van der Waals surface area contributed by atoms with Crippen LogP contribution in [0.25, 0.3) is 0 Å². The van der Waals surface area contributed by atoms with Crippen LogP contribution in [0.5, 0.6) is 0 Å². The van der Waals surface area contributed by atoms with Gasteiger partial charge in [0.15, 0.2) is 0 Å². The number of amides is 2. The average Bonchev–Trinajstić information content (AvgIpc) is 2.67. The van der Waals surface area contributed by atoms with E-state index >= 15 is 0 Å². The van der Waals surface area contributed by atoms with Crippen molar-refractivity contribution in [1.82, 2.24) is 20.0 Å². The first kappa shape index (κ1) is 19.2. The molecule has 0 saturated carbocycles. The lowest BCUT2D eigenvalue weighted by Crippen LogP contribution is -2.61. The summed E-state index contributed by atoms with van der Waals surface area (Å²) >= 11 is 0. The molecule has 1 N–H and O–H groups in total. The highest BCUT2D eigenvalue weighted by atomic mass is 16.2. The van der Waals surface area contributed by atoms with E-state index in [0.29, 0.717) is 30.3 Å². The lowest BCUT2D eigenvalue weighted by molar-refractivity contribution is -0.145. The van der Waals surface area contributed by atoms with Gasteiger partial charge in [0.25, 0.3) is 0 Å². The van der Waals surface area contributed by atoms with Crippen LogP contribution in [0.3, 0.4) is 0 Å². The van der Waals surface area contributed by atoms with Gasteiger partial charge in [0.05, 0.1) is 6.54 Å². The summed E-state index contributed by atoms with van der Waals surface area (Å²) in [4.78, 5) is 31.6. The molecule has 2 bridgehead atoms. The molecule has 0 unspecified atom stereocenters. The zero-order chi connectivity index (χ0) is 18.6. The highest BCUT2D eigenvalue weighted by Crippen LogP contribution is 2.37. The molecule has 0 aromatic rings. The van der Waals surface area contributed by atoms with Gasteiger partial charge in [-0.05, 0) is 70.0 Å². The number of piperidine rings is 4. The Kier molecular flexibility index (Phi) is 6.33.